The molecule has 0 amide bonds. The first-order chi connectivity index (χ1) is 4.30. The van der Waals surface area contributed by atoms with E-state index in [4.69, 9.17) is 0 Å². The SMILES string of the molecule is CC(C)c1ccccc1.N. The van der Waals surface area contributed by atoms with Crippen LogP contribution in [0, 0.1) is 0 Å². The predicted molar refractivity (Wildman–Crippen MR) is 45.6 cm³/mol. The van der Waals surface area contributed by atoms with Crippen molar-refractivity contribution in [3.8, 4) is 0 Å². The maximum Gasteiger partial charge on any atom is -0.0219 e. The number of benzene rings is 1. The molecule has 0 saturated heterocycles. The Morgan fingerprint density at radius 3 is 1.80 bits per heavy atom. The van der Waals surface area contributed by atoms with Gasteiger partial charge in [-0.05, 0) is 11.5 Å². The van der Waals surface area contributed by atoms with Crippen LogP contribution in [-0.2, 0) is 0 Å². The number of hydrogen-bond acceptors (Lipinski definition) is 1. The summed E-state index contributed by atoms with van der Waals surface area (Å²) in [7, 11) is 0. The van der Waals surface area contributed by atoms with Crippen LogP contribution in [0.4, 0.5) is 0 Å². The van der Waals surface area contributed by atoms with Gasteiger partial charge >= 0.3 is 0 Å². The second kappa shape index (κ2) is 4.07. The summed E-state index contributed by atoms with van der Waals surface area (Å²) < 4.78 is 0. The molecule has 1 aromatic rings. The molecule has 0 aliphatic carbocycles. The van der Waals surface area contributed by atoms with E-state index in [2.05, 4.69) is 38.1 Å². The molecule has 0 fully saturated rings. The van der Waals surface area contributed by atoms with E-state index >= 15 is 0 Å². The summed E-state index contributed by atoms with van der Waals surface area (Å²) in [5.41, 5.74) is 1.41. The Bertz CT molecular complexity index is 167. The molecule has 3 N–H and O–H groups in total. The molecule has 1 rings (SSSR count). The average Bonchev–Trinajstić information content (AvgIpc) is 1.90. The fourth-order valence-electron chi connectivity index (χ4n) is 0.838. The molecule has 1 heteroatoms. The van der Waals surface area contributed by atoms with E-state index in [1.54, 1.807) is 0 Å². The molecule has 0 atom stereocenters. The van der Waals surface area contributed by atoms with Crippen molar-refractivity contribution in [3.63, 3.8) is 0 Å². The van der Waals surface area contributed by atoms with Gasteiger partial charge in [-0.3, -0.25) is 0 Å². The molecule has 0 radical (unpaired) electrons. The smallest absolute Gasteiger partial charge is 0.0219 e. The standard InChI is InChI=1S/C9H12.H3N/c1-8(2)9-6-4-3-5-7-9;/h3-8H,1-2H3;1H3. The first-order valence-corrected chi connectivity index (χ1v) is 3.35. The Morgan fingerprint density at radius 2 is 1.50 bits per heavy atom. The van der Waals surface area contributed by atoms with E-state index in [-0.39, 0.29) is 6.15 Å². The highest BCUT2D eigenvalue weighted by Gasteiger charge is 1.93. The third-order valence-corrected chi connectivity index (χ3v) is 1.47. The van der Waals surface area contributed by atoms with Gasteiger partial charge in [0.1, 0.15) is 0 Å². The highest BCUT2D eigenvalue weighted by molar-refractivity contribution is 5.17. The molecule has 0 saturated carbocycles. The summed E-state index contributed by atoms with van der Waals surface area (Å²) in [6.45, 7) is 4.41. The van der Waals surface area contributed by atoms with Gasteiger partial charge in [-0.2, -0.15) is 0 Å². The van der Waals surface area contributed by atoms with Crippen LogP contribution in [0.3, 0.4) is 0 Å². The van der Waals surface area contributed by atoms with Crippen molar-refractivity contribution in [2.45, 2.75) is 19.8 Å². The average molecular weight is 137 g/mol. The van der Waals surface area contributed by atoms with Gasteiger partial charge in [0.05, 0.1) is 0 Å². The lowest BCUT2D eigenvalue weighted by Crippen LogP contribution is -1.83. The fraction of sp³-hybridized carbons (Fsp3) is 0.333. The lowest BCUT2D eigenvalue weighted by molar-refractivity contribution is 0.867. The molecule has 0 unspecified atom stereocenters. The summed E-state index contributed by atoms with van der Waals surface area (Å²) >= 11 is 0. The Morgan fingerprint density at radius 1 is 1.00 bits per heavy atom. The van der Waals surface area contributed by atoms with Gasteiger partial charge in [-0.25, -0.2) is 0 Å². The van der Waals surface area contributed by atoms with Gasteiger partial charge in [0.2, 0.25) is 0 Å². The summed E-state index contributed by atoms with van der Waals surface area (Å²) in [5.74, 6) is 0.659. The van der Waals surface area contributed by atoms with Crippen molar-refractivity contribution in [1.29, 1.82) is 0 Å². The first-order valence-electron chi connectivity index (χ1n) is 3.35. The van der Waals surface area contributed by atoms with Crippen LogP contribution in [0.25, 0.3) is 0 Å². The van der Waals surface area contributed by atoms with Crippen LogP contribution in [0.2, 0.25) is 0 Å². The van der Waals surface area contributed by atoms with Crippen molar-refractivity contribution < 1.29 is 0 Å². The lowest BCUT2D eigenvalue weighted by atomic mass is 10.0. The Hall–Kier alpha value is -0.820. The molecule has 0 bridgehead atoms. The third-order valence-electron chi connectivity index (χ3n) is 1.47. The summed E-state index contributed by atoms with van der Waals surface area (Å²) in [6, 6.07) is 10.5. The van der Waals surface area contributed by atoms with Crippen molar-refractivity contribution in [1.82, 2.24) is 6.15 Å². The van der Waals surface area contributed by atoms with E-state index in [1.165, 1.54) is 5.56 Å². The zero-order chi connectivity index (χ0) is 6.69. The molecule has 0 aliphatic rings. The minimum atomic E-state index is 0. The van der Waals surface area contributed by atoms with Gasteiger partial charge in [0.15, 0.2) is 0 Å². The van der Waals surface area contributed by atoms with Gasteiger partial charge in [-0.1, -0.05) is 44.2 Å². The van der Waals surface area contributed by atoms with Crippen molar-refractivity contribution in [2.75, 3.05) is 0 Å². The van der Waals surface area contributed by atoms with Crippen LogP contribution >= 0.6 is 0 Å². The zero-order valence-corrected chi connectivity index (χ0v) is 6.67. The normalized spacial score (nSPS) is 9.10. The van der Waals surface area contributed by atoms with Crippen LogP contribution in [0.5, 0.6) is 0 Å². The molecule has 56 valence electrons. The molecule has 0 heterocycles. The van der Waals surface area contributed by atoms with Gasteiger partial charge in [0, 0.05) is 0 Å². The first kappa shape index (κ1) is 9.18. The predicted octanol–water partition coefficient (Wildman–Crippen LogP) is 2.97. The van der Waals surface area contributed by atoms with E-state index in [0.717, 1.165) is 0 Å². The molecule has 1 aromatic carbocycles. The minimum absolute atomic E-state index is 0. The Labute approximate surface area is 62.7 Å². The van der Waals surface area contributed by atoms with E-state index in [0.29, 0.717) is 5.92 Å². The zero-order valence-electron chi connectivity index (χ0n) is 6.67. The molecular weight excluding hydrogens is 122 g/mol. The largest absolute Gasteiger partial charge is 0.344 e. The number of rotatable bonds is 1. The van der Waals surface area contributed by atoms with E-state index in [9.17, 15) is 0 Å². The summed E-state index contributed by atoms with van der Waals surface area (Å²) in [5, 5.41) is 0. The van der Waals surface area contributed by atoms with Crippen LogP contribution in [-0.4, -0.2) is 0 Å². The fourth-order valence-corrected chi connectivity index (χ4v) is 0.838. The highest BCUT2D eigenvalue weighted by Crippen LogP contribution is 2.11. The minimum Gasteiger partial charge on any atom is -0.344 e. The van der Waals surface area contributed by atoms with E-state index in [1.807, 2.05) is 6.07 Å². The summed E-state index contributed by atoms with van der Waals surface area (Å²) in [6.07, 6.45) is 0. The number of hydrogen-bond donors (Lipinski definition) is 1. The third kappa shape index (κ3) is 2.19. The second-order valence-corrected chi connectivity index (χ2v) is 2.57. The Kier molecular flexibility index (Phi) is 3.74. The van der Waals surface area contributed by atoms with Crippen molar-refractivity contribution in [2.24, 2.45) is 0 Å². The molecule has 0 spiro atoms. The topological polar surface area (TPSA) is 35.0 Å². The van der Waals surface area contributed by atoms with Crippen LogP contribution in [0.15, 0.2) is 30.3 Å². The van der Waals surface area contributed by atoms with E-state index < -0.39 is 0 Å². The highest BCUT2D eigenvalue weighted by atomic mass is 14.0. The van der Waals surface area contributed by atoms with Gasteiger partial charge < -0.3 is 6.15 Å². The maximum absolute atomic E-state index is 2.20. The van der Waals surface area contributed by atoms with Gasteiger partial charge in [0.25, 0.3) is 0 Å². The molecular formula is C9H15N. The molecule has 1 nitrogen and oxygen atoms in total. The van der Waals surface area contributed by atoms with Gasteiger partial charge in [-0.15, -0.1) is 0 Å². The molecule has 0 aromatic heterocycles. The lowest BCUT2D eigenvalue weighted by Gasteiger charge is -2.01. The Balaban J connectivity index is 0.000000810. The van der Waals surface area contributed by atoms with Crippen molar-refractivity contribution in [3.05, 3.63) is 35.9 Å². The van der Waals surface area contributed by atoms with Crippen molar-refractivity contribution >= 4 is 0 Å². The van der Waals surface area contributed by atoms with Crippen LogP contribution in [0.1, 0.15) is 25.3 Å². The second-order valence-electron chi connectivity index (χ2n) is 2.57. The monoisotopic (exact) mass is 137 g/mol. The maximum atomic E-state index is 2.20. The molecule has 0 aliphatic heterocycles. The molecule has 10 heavy (non-hydrogen) atoms. The van der Waals surface area contributed by atoms with Crippen LogP contribution < -0.4 is 6.15 Å². The quantitative estimate of drug-likeness (QED) is 0.634. The summed E-state index contributed by atoms with van der Waals surface area (Å²) in [4.78, 5) is 0.